The lowest BCUT2D eigenvalue weighted by molar-refractivity contribution is -0.903. The molecule has 3 aliphatic rings. The van der Waals surface area contributed by atoms with E-state index in [4.69, 9.17) is 4.42 Å². The minimum Gasteiger partial charge on any atom is -0.401 e. The highest BCUT2D eigenvalue weighted by molar-refractivity contribution is 6.31. The molecule has 5 rings (SSSR count). The monoisotopic (exact) mass is 408 g/mol. The number of para-hydroxylation sites is 2. The molecule has 0 bridgehead atoms. The van der Waals surface area contributed by atoms with Crippen LogP contribution in [0.25, 0.3) is 6.08 Å². The number of aliphatic imine (C=N–C) groups is 1. The van der Waals surface area contributed by atoms with Gasteiger partial charge >= 0.3 is 5.88 Å². The van der Waals surface area contributed by atoms with Gasteiger partial charge in [0.25, 0.3) is 5.91 Å². The first kappa shape index (κ1) is 18.6. The number of hydrogen-bond acceptors (Lipinski definition) is 6. The van der Waals surface area contributed by atoms with Crippen LogP contribution in [0.1, 0.15) is 25.0 Å². The van der Waals surface area contributed by atoms with E-state index in [0.29, 0.717) is 11.7 Å². The largest absolute Gasteiger partial charge is 0.433 e. The fourth-order valence-electron chi connectivity index (χ4n) is 4.38. The summed E-state index contributed by atoms with van der Waals surface area (Å²) in [6.45, 7) is 4.13. The van der Waals surface area contributed by atoms with E-state index in [-0.39, 0.29) is 17.6 Å². The smallest absolute Gasteiger partial charge is 0.401 e. The van der Waals surface area contributed by atoms with Gasteiger partial charge in [0.1, 0.15) is 16.4 Å². The van der Waals surface area contributed by atoms with Crippen LogP contribution in [0.4, 0.5) is 17.3 Å². The van der Waals surface area contributed by atoms with Gasteiger partial charge in [0, 0.05) is 6.08 Å². The molecule has 0 aliphatic carbocycles. The molecule has 0 radical (unpaired) electrons. The van der Waals surface area contributed by atoms with Crippen molar-refractivity contribution in [2.45, 2.75) is 19.3 Å². The third-order valence-electron chi connectivity index (χ3n) is 5.84. The fraction of sp³-hybridized carbons (Fsp3) is 0.333. The molecule has 30 heavy (non-hydrogen) atoms. The number of benzene rings is 1. The van der Waals surface area contributed by atoms with Gasteiger partial charge in [-0.3, -0.25) is 19.8 Å². The molecule has 2 aromatic rings. The standard InChI is InChI=1S/C21H21N5O4/c27-20-18(14-15-8-9-19(30-15)26(28)29)25-17-7-3-2-6-16(17)24(21(25)22-20)13-12-23-10-4-1-5-11-23/h2-3,6-9,14H,1,4-5,10-13H2/p+1/b18-14+. The number of piperidine rings is 1. The van der Waals surface area contributed by atoms with Crippen LogP contribution in [0.15, 0.2) is 51.5 Å². The Morgan fingerprint density at radius 1 is 1.13 bits per heavy atom. The molecule has 0 saturated carbocycles. The van der Waals surface area contributed by atoms with E-state index in [1.807, 2.05) is 29.2 Å². The molecule has 1 N–H and O–H groups in total. The SMILES string of the molecule is O=C1N=C2N(CC[NH+]3CCCCC3)c3ccccc3N2/C1=C/c1ccc([N+](=O)[O-])o1. The Labute approximate surface area is 173 Å². The number of guanidine groups is 1. The van der Waals surface area contributed by atoms with E-state index in [2.05, 4.69) is 9.89 Å². The van der Waals surface area contributed by atoms with Crippen LogP contribution in [-0.2, 0) is 4.79 Å². The number of rotatable bonds is 5. The number of fused-ring (bicyclic) bond motifs is 3. The van der Waals surface area contributed by atoms with E-state index in [1.165, 1.54) is 50.6 Å². The number of likely N-dealkylation sites (tertiary alicyclic amines) is 1. The Kier molecular flexibility index (Phi) is 4.59. The van der Waals surface area contributed by atoms with E-state index in [9.17, 15) is 14.9 Å². The predicted octanol–water partition coefficient (Wildman–Crippen LogP) is 1.82. The Hall–Kier alpha value is -3.46. The highest BCUT2D eigenvalue weighted by Gasteiger charge is 2.42. The number of nitrogens with one attached hydrogen (secondary N) is 1. The lowest BCUT2D eigenvalue weighted by Crippen LogP contribution is -3.13. The molecule has 0 unspecified atom stereocenters. The molecule has 1 amide bonds. The number of carbonyl (C=O) groups excluding carboxylic acids is 1. The number of hydrogen-bond donors (Lipinski definition) is 1. The number of carbonyl (C=O) groups is 1. The first-order valence-electron chi connectivity index (χ1n) is 10.2. The van der Waals surface area contributed by atoms with E-state index < -0.39 is 4.92 Å². The van der Waals surface area contributed by atoms with E-state index in [0.717, 1.165) is 24.5 Å². The topological polar surface area (TPSA) is 96.6 Å². The number of anilines is 2. The molecule has 9 heteroatoms. The molecular weight excluding hydrogens is 386 g/mol. The van der Waals surface area contributed by atoms with Crippen molar-refractivity contribution in [2.75, 3.05) is 36.0 Å². The molecule has 0 atom stereocenters. The van der Waals surface area contributed by atoms with Crippen molar-refractivity contribution < 1.29 is 19.0 Å². The summed E-state index contributed by atoms with van der Waals surface area (Å²) >= 11 is 0. The Morgan fingerprint density at radius 2 is 1.90 bits per heavy atom. The summed E-state index contributed by atoms with van der Waals surface area (Å²) in [6, 6.07) is 10.6. The Balaban J connectivity index is 1.45. The van der Waals surface area contributed by atoms with E-state index in [1.54, 1.807) is 4.90 Å². The molecule has 1 saturated heterocycles. The van der Waals surface area contributed by atoms with Gasteiger partial charge in [-0.25, -0.2) is 0 Å². The molecule has 4 heterocycles. The van der Waals surface area contributed by atoms with Crippen LogP contribution >= 0.6 is 0 Å². The van der Waals surface area contributed by atoms with Crippen molar-refractivity contribution in [2.24, 2.45) is 4.99 Å². The average molecular weight is 408 g/mol. The number of furan rings is 1. The summed E-state index contributed by atoms with van der Waals surface area (Å²) in [6.07, 6.45) is 5.35. The van der Waals surface area contributed by atoms with Gasteiger partial charge in [-0.1, -0.05) is 12.1 Å². The maximum absolute atomic E-state index is 12.7. The molecule has 3 aliphatic heterocycles. The van der Waals surface area contributed by atoms with Gasteiger partial charge in [0.2, 0.25) is 5.96 Å². The Bertz CT molecular complexity index is 1070. The zero-order valence-corrected chi connectivity index (χ0v) is 16.4. The maximum atomic E-state index is 12.7. The molecule has 1 fully saturated rings. The van der Waals surface area contributed by atoms with Crippen molar-refractivity contribution in [1.82, 2.24) is 0 Å². The van der Waals surface area contributed by atoms with Crippen LogP contribution in [0.3, 0.4) is 0 Å². The van der Waals surface area contributed by atoms with Gasteiger partial charge in [0.05, 0.1) is 43.6 Å². The van der Waals surface area contributed by atoms with Crippen molar-refractivity contribution >= 4 is 35.2 Å². The molecule has 1 aromatic heterocycles. The summed E-state index contributed by atoms with van der Waals surface area (Å²) in [5.74, 6) is 0.0929. The minimum atomic E-state index is -0.601. The van der Waals surface area contributed by atoms with Crippen molar-refractivity contribution in [3.8, 4) is 0 Å². The van der Waals surface area contributed by atoms with E-state index >= 15 is 0 Å². The lowest BCUT2D eigenvalue weighted by Gasteiger charge is -2.26. The first-order chi connectivity index (χ1) is 14.6. The van der Waals surface area contributed by atoms with Gasteiger partial charge in [-0.2, -0.15) is 4.99 Å². The van der Waals surface area contributed by atoms with Gasteiger partial charge in [0.15, 0.2) is 0 Å². The van der Waals surface area contributed by atoms with Crippen molar-refractivity contribution in [3.05, 3.63) is 58.0 Å². The summed E-state index contributed by atoms with van der Waals surface area (Å²) in [5.41, 5.74) is 2.22. The average Bonchev–Trinajstić information content (AvgIpc) is 3.42. The highest BCUT2D eigenvalue weighted by atomic mass is 16.6. The summed E-state index contributed by atoms with van der Waals surface area (Å²) < 4.78 is 5.22. The Morgan fingerprint density at radius 3 is 2.63 bits per heavy atom. The molecule has 0 spiro atoms. The van der Waals surface area contributed by atoms with Gasteiger partial charge in [-0.05, 0) is 37.5 Å². The maximum Gasteiger partial charge on any atom is 0.433 e. The van der Waals surface area contributed by atoms with Crippen LogP contribution in [0.5, 0.6) is 0 Å². The molecule has 1 aromatic carbocycles. The lowest BCUT2D eigenvalue weighted by atomic mass is 10.1. The molecular formula is C21H22N5O4+. The van der Waals surface area contributed by atoms with Gasteiger partial charge in [-0.15, -0.1) is 0 Å². The molecule has 9 nitrogen and oxygen atoms in total. The third kappa shape index (κ3) is 3.17. The zero-order chi connectivity index (χ0) is 20.7. The summed E-state index contributed by atoms with van der Waals surface area (Å²) in [7, 11) is 0. The number of amides is 1. The minimum absolute atomic E-state index is 0.246. The second-order valence-electron chi connectivity index (χ2n) is 7.72. The second kappa shape index (κ2) is 7.42. The third-order valence-corrected chi connectivity index (χ3v) is 5.84. The van der Waals surface area contributed by atoms with Crippen LogP contribution in [0, 0.1) is 10.1 Å². The van der Waals surface area contributed by atoms with Crippen LogP contribution < -0.4 is 14.7 Å². The highest BCUT2D eigenvalue weighted by Crippen LogP contribution is 2.42. The predicted molar refractivity (Wildman–Crippen MR) is 111 cm³/mol. The fourth-order valence-corrected chi connectivity index (χ4v) is 4.38. The quantitative estimate of drug-likeness (QED) is 0.461. The van der Waals surface area contributed by atoms with Gasteiger partial charge < -0.3 is 14.2 Å². The zero-order valence-electron chi connectivity index (χ0n) is 16.4. The van der Waals surface area contributed by atoms with Crippen molar-refractivity contribution in [1.29, 1.82) is 0 Å². The summed E-state index contributed by atoms with van der Waals surface area (Å²) in [5, 5.41) is 10.9. The number of quaternary nitrogens is 1. The van der Waals surface area contributed by atoms with Crippen molar-refractivity contribution in [3.63, 3.8) is 0 Å². The number of nitrogens with zero attached hydrogens (tertiary/aromatic N) is 4. The summed E-state index contributed by atoms with van der Waals surface area (Å²) in [4.78, 5) is 32.8. The normalized spacial score (nSPS) is 19.9. The molecule has 154 valence electrons. The van der Waals surface area contributed by atoms with Crippen LogP contribution in [-0.4, -0.2) is 43.0 Å². The first-order valence-corrected chi connectivity index (χ1v) is 10.2. The second-order valence-corrected chi connectivity index (χ2v) is 7.72. The number of nitro groups is 1. The van der Waals surface area contributed by atoms with Crippen LogP contribution in [0.2, 0.25) is 0 Å².